The van der Waals surface area contributed by atoms with Crippen molar-refractivity contribution in [3.63, 3.8) is 0 Å². The van der Waals surface area contributed by atoms with Gasteiger partial charge in [-0.2, -0.15) is 0 Å². The Morgan fingerprint density at radius 2 is 1.88 bits per heavy atom. The monoisotopic (exact) mass is 330 g/mol. The van der Waals surface area contributed by atoms with E-state index in [9.17, 15) is 9.59 Å². The summed E-state index contributed by atoms with van der Waals surface area (Å²) in [4.78, 5) is 26.7. The van der Waals surface area contributed by atoms with Crippen LogP contribution in [0.3, 0.4) is 0 Å². The van der Waals surface area contributed by atoms with Crippen molar-refractivity contribution in [3.05, 3.63) is 23.8 Å². The molecule has 1 aromatic rings. The molecule has 1 heterocycles. The Morgan fingerprint density at radius 1 is 1.17 bits per heavy atom. The molecule has 2 fully saturated rings. The van der Waals surface area contributed by atoms with Gasteiger partial charge in [0.2, 0.25) is 5.91 Å². The maximum absolute atomic E-state index is 12.5. The van der Waals surface area contributed by atoms with E-state index in [-0.39, 0.29) is 11.8 Å². The molecule has 2 amide bonds. The summed E-state index contributed by atoms with van der Waals surface area (Å²) in [5, 5.41) is 2.94. The minimum absolute atomic E-state index is 0.00553. The summed E-state index contributed by atoms with van der Waals surface area (Å²) < 4.78 is 5.34. The van der Waals surface area contributed by atoms with Gasteiger partial charge in [0.05, 0.1) is 12.8 Å². The fraction of sp³-hybridized carbons (Fsp3) is 0.579. The Balaban J connectivity index is 1.71. The second-order valence-corrected chi connectivity index (χ2v) is 6.82. The maximum atomic E-state index is 12.5. The zero-order chi connectivity index (χ0) is 16.9. The number of anilines is 1. The maximum Gasteiger partial charge on any atom is 0.253 e. The lowest BCUT2D eigenvalue weighted by Crippen LogP contribution is -2.27. The molecule has 24 heavy (non-hydrogen) atoms. The van der Waals surface area contributed by atoms with E-state index in [0.29, 0.717) is 29.3 Å². The molecule has 1 saturated carbocycles. The van der Waals surface area contributed by atoms with Crippen molar-refractivity contribution in [2.45, 2.75) is 44.9 Å². The number of ether oxygens (including phenoxy) is 1. The highest BCUT2D eigenvalue weighted by molar-refractivity contribution is 5.98. The number of carbonyl (C=O) groups excluding carboxylic acids is 2. The molecule has 1 N–H and O–H groups in total. The minimum Gasteiger partial charge on any atom is -0.495 e. The molecule has 5 heteroatoms. The smallest absolute Gasteiger partial charge is 0.253 e. The number of rotatable bonds is 5. The first kappa shape index (κ1) is 16.8. The molecule has 1 aromatic carbocycles. The van der Waals surface area contributed by atoms with Crippen molar-refractivity contribution in [1.29, 1.82) is 0 Å². The Hall–Kier alpha value is -2.04. The summed E-state index contributed by atoms with van der Waals surface area (Å²) in [6, 6.07) is 5.27. The molecular weight excluding hydrogens is 304 g/mol. The molecule has 0 aromatic heterocycles. The third kappa shape index (κ3) is 3.89. The van der Waals surface area contributed by atoms with E-state index in [1.165, 1.54) is 12.8 Å². The number of amides is 2. The van der Waals surface area contributed by atoms with E-state index in [2.05, 4.69) is 5.32 Å². The number of hydrogen-bond donors (Lipinski definition) is 1. The summed E-state index contributed by atoms with van der Waals surface area (Å²) >= 11 is 0. The average Bonchev–Trinajstić information content (AvgIpc) is 3.27. The largest absolute Gasteiger partial charge is 0.495 e. The quantitative estimate of drug-likeness (QED) is 0.899. The van der Waals surface area contributed by atoms with Crippen LogP contribution in [0, 0.1) is 5.92 Å². The van der Waals surface area contributed by atoms with Gasteiger partial charge in [-0.3, -0.25) is 9.59 Å². The highest BCUT2D eigenvalue weighted by atomic mass is 16.5. The van der Waals surface area contributed by atoms with Crippen LogP contribution < -0.4 is 10.1 Å². The Bertz CT molecular complexity index is 603. The van der Waals surface area contributed by atoms with Gasteiger partial charge in [0.1, 0.15) is 5.75 Å². The highest BCUT2D eigenvalue weighted by Crippen LogP contribution is 2.30. The van der Waals surface area contributed by atoms with Crippen LogP contribution in [0.5, 0.6) is 5.75 Å². The lowest BCUT2D eigenvalue weighted by Gasteiger charge is -2.17. The lowest BCUT2D eigenvalue weighted by molar-refractivity contribution is -0.117. The number of carbonyl (C=O) groups is 2. The minimum atomic E-state index is 0.00553. The number of methoxy groups -OCH3 is 1. The van der Waals surface area contributed by atoms with Gasteiger partial charge >= 0.3 is 0 Å². The molecule has 0 bridgehead atoms. The zero-order valence-electron chi connectivity index (χ0n) is 14.3. The molecule has 1 aliphatic heterocycles. The average molecular weight is 330 g/mol. The van der Waals surface area contributed by atoms with Gasteiger partial charge in [-0.1, -0.05) is 12.8 Å². The molecule has 2 aliphatic rings. The van der Waals surface area contributed by atoms with Gasteiger partial charge in [0.25, 0.3) is 5.91 Å². The fourth-order valence-corrected chi connectivity index (χ4v) is 3.72. The molecule has 5 nitrogen and oxygen atoms in total. The molecule has 1 saturated heterocycles. The second-order valence-electron chi connectivity index (χ2n) is 6.82. The summed E-state index contributed by atoms with van der Waals surface area (Å²) in [7, 11) is 1.57. The molecule has 0 radical (unpaired) electrons. The molecule has 0 unspecified atom stereocenters. The normalized spacial score (nSPS) is 18.0. The first-order valence-corrected chi connectivity index (χ1v) is 8.94. The number of likely N-dealkylation sites (tertiary alicyclic amines) is 1. The number of hydrogen-bond acceptors (Lipinski definition) is 3. The topological polar surface area (TPSA) is 58.6 Å². The summed E-state index contributed by atoms with van der Waals surface area (Å²) in [6.45, 7) is 1.63. The van der Waals surface area contributed by atoms with E-state index in [1.54, 1.807) is 25.3 Å². The Morgan fingerprint density at radius 3 is 2.54 bits per heavy atom. The molecule has 130 valence electrons. The van der Waals surface area contributed by atoms with Crippen molar-refractivity contribution in [2.75, 3.05) is 25.5 Å². The molecular formula is C19H26N2O3. The summed E-state index contributed by atoms with van der Waals surface area (Å²) in [5.41, 5.74) is 1.19. The predicted molar refractivity (Wildman–Crippen MR) is 93.3 cm³/mol. The van der Waals surface area contributed by atoms with Gasteiger partial charge in [-0.25, -0.2) is 0 Å². The van der Waals surface area contributed by atoms with E-state index < -0.39 is 0 Å². The van der Waals surface area contributed by atoms with Crippen LogP contribution in [0.2, 0.25) is 0 Å². The molecule has 1 aliphatic carbocycles. The van der Waals surface area contributed by atoms with Gasteiger partial charge in [-0.05, 0) is 49.8 Å². The molecule has 0 atom stereocenters. The summed E-state index contributed by atoms with van der Waals surface area (Å²) in [6.07, 6.45) is 7.39. The van der Waals surface area contributed by atoms with Gasteiger partial charge in [0, 0.05) is 25.1 Å². The molecule has 3 rings (SSSR count). The van der Waals surface area contributed by atoms with E-state index in [1.807, 2.05) is 4.90 Å². The lowest BCUT2D eigenvalue weighted by atomic mass is 10.0. The number of nitrogens with zero attached hydrogens (tertiary/aromatic N) is 1. The number of nitrogens with one attached hydrogen (secondary N) is 1. The standard InChI is InChI=1S/C19H26N2O3/c1-24-17-9-8-15(19(23)21-10-4-5-11-21)13-16(17)20-18(22)12-14-6-2-3-7-14/h8-9,13-14H,2-7,10-12H2,1H3,(H,20,22). The summed E-state index contributed by atoms with van der Waals surface area (Å²) in [5.74, 6) is 1.12. The van der Waals surface area contributed by atoms with Crippen LogP contribution in [0.1, 0.15) is 55.3 Å². The highest BCUT2D eigenvalue weighted by Gasteiger charge is 2.22. The zero-order valence-corrected chi connectivity index (χ0v) is 14.3. The van der Waals surface area contributed by atoms with Gasteiger partial charge in [-0.15, -0.1) is 0 Å². The fourth-order valence-electron chi connectivity index (χ4n) is 3.72. The first-order chi connectivity index (χ1) is 11.7. The van der Waals surface area contributed by atoms with E-state index in [4.69, 9.17) is 4.74 Å². The number of benzene rings is 1. The van der Waals surface area contributed by atoms with Gasteiger partial charge in [0.15, 0.2) is 0 Å². The second kappa shape index (κ2) is 7.69. The van der Waals surface area contributed by atoms with Crippen molar-refractivity contribution < 1.29 is 14.3 Å². The Kier molecular flexibility index (Phi) is 5.38. The van der Waals surface area contributed by atoms with Crippen LogP contribution in [0.25, 0.3) is 0 Å². The predicted octanol–water partition coefficient (Wildman–Crippen LogP) is 3.45. The van der Waals surface area contributed by atoms with Crippen molar-refractivity contribution in [2.24, 2.45) is 5.92 Å². The third-order valence-corrected chi connectivity index (χ3v) is 5.06. The van der Waals surface area contributed by atoms with Crippen molar-refractivity contribution >= 4 is 17.5 Å². The van der Waals surface area contributed by atoms with Crippen LogP contribution >= 0.6 is 0 Å². The van der Waals surface area contributed by atoms with Crippen LogP contribution in [-0.4, -0.2) is 36.9 Å². The molecule has 0 spiro atoms. The third-order valence-electron chi connectivity index (χ3n) is 5.06. The first-order valence-electron chi connectivity index (χ1n) is 8.94. The van der Waals surface area contributed by atoms with Crippen LogP contribution in [-0.2, 0) is 4.79 Å². The van der Waals surface area contributed by atoms with Crippen molar-refractivity contribution in [1.82, 2.24) is 4.90 Å². The SMILES string of the molecule is COc1ccc(C(=O)N2CCCC2)cc1NC(=O)CC1CCCC1. The van der Waals surface area contributed by atoms with Crippen LogP contribution in [0.4, 0.5) is 5.69 Å². The van der Waals surface area contributed by atoms with E-state index in [0.717, 1.165) is 38.8 Å². The van der Waals surface area contributed by atoms with Gasteiger partial charge < -0.3 is 15.0 Å². The van der Waals surface area contributed by atoms with Crippen molar-refractivity contribution in [3.8, 4) is 5.75 Å². The van der Waals surface area contributed by atoms with Crippen LogP contribution in [0.15, 0.2) is 18.2 Å². The Labute approximate surface area is 143 Å². The van der Waals surface area contributed by atoms with E-state index >= 15 is 0 Å².